The summed E-state index contributed by atoms with van der Waals surface area (Å²) in [6.07, 6.45) is 2.15. The Kier molecular flexibility index (Phi) is 6.02. The molecule has 0 bridgehead atoms. The molecule has 1 aliphatic rings. The molecule has 1 saturated heterocycles. The number of hydrogen-bond donors (Lipinski definition) is 0. The number of methoxy groups -OCH3 is 2. The first-order valence-corrected chi connectivity index (χ1v) is 10.5. The van der Waals surface area contributed by atoms with E-state index in [1.807, 2.05) is 32.0 Å². The second kappa shape index (κ2) is 8.89. The number of nitrogens with zero attached hydrogens (tertiary/aromatic N) is 6. The molecule has 0 aliphatic carbocycles. The number of likely N-dealkylation sites (N-methyl/N-ethyl adjacent to an activating group) is 1. The highest BCUT2D eigenvalue weighted by atomic mass is 16.6. The molecule has 3 aromatic rings. The number of hydrogen-bond acceptors (Lipinski definition) is 8. The number of imidazole rings is 1. The zero-order chi connectivity index (χ0) is 22.8. The number of anilines is 1. The monoisotopic (exact) mass is 440 g/mol. The van der Waals surface area contributed by atoms with Crippen LogP contribution in [0.4, 0.5) is 10.6 Å². The van der Waals surface area contributed by atoms with Crippen LogP contribution < -0.4 is 14.4 Å². The van der Waals surface area contributed by atoms with Gasteiger partial charge in [-0.15, -0.1) is 5.10 Å². The third-order valence-electron chi connectivity index (χ3n) is 5.52. The minimum absolute atomic E-state index is 0.0619. The summed E-state index contributed by atoms with van der Waals surface area (Å²) in [6, 6.07) is 7.60. The van der Waals surface area contributed by atoms with Crippen molar-refractivity contribution < 1.29 is 19.0 Å². The minimum Gasteiger partial charge on any atom is -0.481 e. The van der Waals surface area contributed by atoms with Gasteiger partial charge in [-0.3, -0.25) is 0 Å². The van der Waals surface area contributed by atoms with Crippen LogP contribution in [-0.2, 0) is 4.74 Å². The summed E-state index contributed by atoms with van der Waals surface area (Å²) in [5.41, 5.74) is 2.25. The lowest BCUT2D eigenvalue weighted by atomic mass is 10.2. The topological polar surface area (TPSA) is 94.3 Å². The number of amides is 1. The number of carbonyl (C=O) groups excluding carboxylic acids is 1. The first kappa shape index (κ1) is 21.7. The fraction of sp³-hybridized carbons (Fsp3) is 0.455. The van der Waals surface area contributed by atoms with Crippen molar-refractivity contribution in [2.75, 3.05) is 39.3 Å². The second-order valence-electron chi connectivity index (χ2n) is 7.95. The van der Waals surface area contributed by atoms with Crippen molar-refractivity contribution in [2.45, 2.75) is 32.4 Å². The zero-order valence-electron chi connectivity index (χ0n) is 19.0. The van der Waals surface area contributed by atoms with E-state index in [9.17, 15) is 4.79 Å². The van der Waals surface area contributed by atoms with E-state index in [1.54, 1.807) is 42.9 Å². The average molecular weight is 441 g/mol. The predicted octanol–water partition coefficient (Wildman–Crippen LogP) is 2.86. The molecule has 1 atom stereocenters. The van der Waals surface area contributed by atoms with E-state index in [0.29, 0.717) is 18.3 Å². The van der Waals surface area contributed by atoms with E-state index in [-0.39, 0.29) is 18.2 Å². The fourth-order valence-electron chi connectivity index (χ4n) is 3.80. The maximum Gasteiger partial charge on any atom is 0.410 e. The molecule has 4 heterocycles. The lowest BCUT2D eigenvalue weighted by molar-refractivity contribution is 0.0748. The highest BCUT2D eigenvalue weighted by Gasteiger charge is 2.30. The molecular weight excluding hydrogens is 412 g/mol. The summed E-state index contributed by atoms with van der Waals surface area (Å²) >= 11 is 0. The van der Waals surface area contributed by atoms with Crippen molar-refractivity contribution in [1.82, 2.24) is 24.5 Å². The molecule has 32 heavy (non-hydrogen) atoms. The Balaban J connectivity index is 1.60. The van der Waals surface area contributed by atoms with Crippen LogP contribution in [0.1, 0.15) is 20.3 Å². The maximum atomic E-state index is 12.3. The van der Waals surface area contributed by atoms with Gasteiger partial charge in [-0.25, -0.2) is 14.3 Å². The van der Waals surface area contributed by atoms with Crippen LogP contribution in [0, 0.1) is 0 Å². The molecule has 0 spiro atoms. The maximum absolute atomic E-state index is 12.3. The van der Waals surface area contributed by atoms with E-state index in [2.05, 4.69) is 14.9 Å². The molecular formula is C22H28N6O4. The van der Waals surface area contributed by atoms with E-state index in [4.69, 9.17) is 19.3 Å². The Morgan fingerprint density at radius 1 is 1.19 bits per heavy atom. The van der Waals surface area contributed by atoms with Gasteiger partial charge in [0.25, 0.3) is 0 Å². The molecule has 0 N–H and O–H groups in total. The molecule has 10 heteroatoms. The fourth-order valence-corrected chi connectivity index (χ4v) is 3.80. The second-order valence-corrected chi connectivity index (χ2v) is 7.95. The van der Waals surface area contributed by atoms with Crippen LogP contribution in [0.5, 0.6) is 11.8 Å². The van der Waals surface area contributed by atoms with Crippen LogP contribution in [0.15, 0.2) is 30.5 Å². The van der Waals surface area contributed by atoms with Crippen molar-refractivity contribution in [1.29, 1.82) is 0 Å². The van der Waals surface area contributed by atoms with Crippen LogP contribution in [-0.4, -0.2) is 77.1 Å². The van der Waals surface area contributed by atoms with Gasteiger partial charge < -0.3 is 24.0 Å². The number of fused-ring (bicyclic) bond motifs is 1. The highest BCUT2D eigenvalue weighted by Crippen LogP contribution is 2.31. The summed E-state index contributed by atoms with van der Waals surface area (Å²) in [5.74, 6) is 1.71. The van der Waals surface area contributed by atoms with Crippen molar-refractivity contribution in [3.8, 4) is 23.0 Å². The van der Waals surface area contributed by atoms with Crippen LogP contribution in [0.25, 0.3) is 16.9 Å². The number of ether oxygens (including phenoxy) is 3. The molecule has 0 aromatic carbocycles. The van der Waals surface area contributed by atoms with E-state index < -0.39 is 0 Å². The smallest absolute Gasteiger partial charge is 0.410 e. The Morgan fingerprint density at radius 2 is 2.00 bits per heavy atom. The minimum atomic E-state index is -0.300. The first-order valence-electron chi connectivity index (χ1n) is 10.5. The Labute approximate surface area is 186 Å². The van der Waals surface area contributed by atoms with Crippen LogP contribution >= 0.6 is 0 Å². The van der Waals surface area contributed by atoms with Gasteiger partial charge in [0.1, 0.15) is 5.82 Å². The standard InChI is InChI=1S/C22H28N6O4/c1-14(2)32-22(29)26(3)15-10-11-27(13-15)19-8-7-18-23-12-17(28(18)25-19)16-6-9-20(30-4)24-21(16)31-5/h6-9,12,14-15H,10-11,13H2,1-5H3/t15-/m0/s1. The Hall–Kier alpha value is -3.56. The molecule has 4 rings (SSSR count). The van der Waals surface area contributed by atoms with Gasteiger partial charge in [-0.2, -0.15) is 4.98 Å². The molecule has 1 fully saturated rings. The summed E-state index contributed by atoms with van der Waals surface area (Å²) < 4.78 is 17.8. The normalized spacial score (nSPS) is 15.9. The number of pyridine rings is 1. The van der Waals surface area contributed by atoms with Gasteiger partial charge in [0.05, 0.1) is 43.8 Å². The lowest BCUT2D eigenvalue weighted by Gasteiger charge is -2.25. The number of aromatic nitrogens is 4. The number of carbonyl (C=O) groups is 1. The predicted molar refractivity (Wildman–Crippen MR) is 119 cm³/mol. The Morgan fingerprint density at radius 3 is 2.72 bits per heavy atom. The zero-order valence-corrected chi connectivity index (χ0v) is 19.0. The van der Waals surface area contributed by atoms with Gasteiger partial charge >= 0.3 is 6.09 Å². The molecule has 1 amide bonds. The quantitative estimate of drug-likeness (QED) is 0.578. The number of rotatable bonds is 6. The molecule has 0 saturated carbocycles. The van der Waals surface area contributed by atoms with E-state index in [0.717, 1.165) is 35.7 Å². The van der Waals surface area contributed by atoms with Crippen LogP contribution in [0.2, 0.25) is 0 Å². The lowest BCUT2D eigenvalue weighted by Crippen LogP contribution is -2.40. The Bertz CT molecular complexity index is 1110. The molecule has 10 nitrogen and oxygen atoms in total. The summed E-state index contributed by atoms with van der Waals surface area (Å²) in [7, 11) is 4.91. The largest absolute Gasteiger partial charge is 0.481 e. The van der Waals surface area contributed by atoms with Gasteiger partial charge in [-0.05, 0) is 38.5 Å². The van der Waals surface area contributed by atoms with Crippen molar-refractivity contribution in [2.24, 2.45) is 0 Å². The van der Waals surface area contributed by atoms with Gasteiger partial charge in [0, 0.05) is 26.2 Å². The van der Waals surface area contributed by atoms with Gasteiger partial charge in [-0.1, -0.05) is 0 Å². The summed E-state index contributed by atoms with van der Waals surface area (Å²) in [6.45, 7) is 5.17. The molecule has 0 unspecified atom stereocenters. The SMILES string of the molecule is COc1ccc(-c2cnc3ccc(N4CC[C@H](N(C)C(=O)OC(C)C)C4)nn23)c(OC)n1. The van der Waals surface area contributed by atoms with Crippen molar-refractivity contribution >= 4 is 17.6 Å². The van der Waals surface area contributed by atoms with Gasteiger partial charge in [0.15, 0.2) is 5.65 Å². The third kappa shape index (κ3) is 4.12. The van der Waals surface area contributed by atoms with Crippen molar-refractivity contribution in [3.05, 3.63) is 30.5 Å². The highest BCUT2D eigenvalue weighted by molar-refractivity contribution is 5.69. The van der Waals surface area contributed by atoms with Crippen LogP contribution in [0.3, 0.4) is 0 Å². The van der Waals surface area contributed by atoms with Crippen molar-refractivity contribution in [3.63, 3.8) is 0 Å². The summed E-state index contributed by atoms with van der Waals surface area (Å²) in [5, 5.41) is 4.83. The summed E-state index contributed by atoms with van der Waals surface area (Å²) in [4.78, 5) is 24.9. The van der Waals surface area contributed by atoms with E-state index >= 15 is 0 Å². The first-order chi connectivity index (χ1) is 15.4. The third-order valence-corrected chi connectivity index (χ3v) is 5.52. The van der Waals surface area contributed by atoms with Gasteiger partial charge in [0.2, 0.25) is 11.8 Å². The average Bonchev–Trinajstić information content (AvgIpc) is 3.44. The molecule has 3 aromatic heterocycles. The molecule has 170 valence electrons. The molecule has 0 radical (unpaired) electrons. The van der Waals surface area contributed by atoms with E-state index in [1.165, 1.54) is 0 Å². The molecule has 1 aliphatic heterocycles.